The number of nitrogens with one attached hydrogen (secondary N) is 4. The van der Waals surface area contributed by atoms with Crippen molar-refractivity contribution in [3.05, 3.63) is 30.3 Å². The van der Waals surface area contributed by atoms with Crippen molar-refractivity contribution in [2.45, 2.75) is 70.0 Å². The predicted octanol–water partition coefficient (Wildman–Crippen LogP) is 1.79. The highest BCUT2D eigenvalue weighted by Crippen LogP contribution is 2.29. The van der Waals surface area contributed by atoms with Crippen LogP contribution < -0.4 is 21.5 Å². The molecular formula is C23H35N5O3. The lowest BCUT2D eigenvalue weighted by Gasteiger charge is -2.35. The van der Waals surface area contributed by atoms with Gasteiger partial charge in [-0.3, -0.25) is 25.2 Å². The van der Waals surface area contributed by atoms with Crippen molar-refractivity contribution in [3.8, 4) is 0 Å². The molecule has 3 rings (SSSR count). The largest absolute Gasteiger partial charge is 0.343 e. The van der Waals surface area contributed by atoms with Gasteiger partial charge in [0.1, 0.15) is 12.1 Å². The smallest absolute Gasteiger partial charge is 0.261 e. The van der Waals surface area contributed by atoms with Crippen LogP contribution in [0, 0.1) is 5.92 Å². The van der Waals surface area contributed by atoms with E-state index < -0.39 is 12.1 Å². The number of para-hydroxylation sites is 1. The molecule has 1 aromatic rings. The fourth-order valence-electron chi connectivity index (χ4n) is 4.48. The Labute approximate surface area is 184 Å². The van der Waals surface area contributed by atoms with Crippen LogP contribution in [0.5, 0.6) is 0 Å². The minimum Gasteiger partial charge on any atom is -0.343 e. The number of amides is 3. The first-order valence-electron chi connectivity index (χ1n) is 11.4. The molecule has 2 fully saturated rings. The van der Waals surface area contributed by atoms with E-state index in [0.29, 0.717) is 13.0 Å². The Morgan fingerprint density at radius 2 is 1.71 bits per heavy atom. The van der Waals surface area contributed by atoms with Gasteiger partial charge in [0.25, 0.3) is 5.91 Å². The van der Waals surface area contributed by atoms with Crippen molar-refractivity contribution in [2.24, 2.45) is 5.92 Å². The first kappa shape index (κ1) is 23.1. The zero-order chi connectivity index (χ0) is 22.2. The van der Waals surface area contributed by atoms with Gasteiger partial charge in [-0.15, -0.1) is 0 Å². The van der Waals surface area contributed by atoms with E-state index >= 15 is 0 Å². The number of nitrogens with zero attached hydrogens (tertiary/aromatic N) is 1. The zero-order valence-corrected chi connectivity index (χ0v) is 18.5. The number of carbonyl (C=O) groups excluding carboxylic acids is 3. The minimum atomic E-state index is -0.584. The Morgan fingerprint density at radius 3 is 2.39 bits per heavy atom. The molecule has 170 valence electrons. The van der Waals surface area contributed by atoms with Crippen molar-refractivity contribution in [1.29, 1.82) is 0 Å². The first-order chi connectivity index (χ1) is 15.0. The number of likely N-dealkylation sites (tertiary alicyclic amines) is 1. The van der Waals surface area contributed by atoms with Crippen LogP contribution in [0.15, 0.2) is 30.3 Å². The van der Waals surface area contributed by atoms with Gasteiger partial charge in [0.05, 0.1) is 11.7 Å². The summed E-state index contributed by atoms with van der Waals surface area (Å²) in [5, 5.41) is 5.92. The van der Waals surface area contributed by atoms with Crippen LogP contribution in [0.25, 0.3) is 0 Å². The SMILES string of the molecule is CN[C@@H](C)C(=O)N[C@@H](C(=O)N1CCC[C@H]1C(=O)NNc1ccccc1)C1CCCCC1. The molecule has 3 amide bonds. The molecule has 3 atom stereocenters. The summed E-state index contributed by atoms with van der Waals surface area (Å²) in [5.41, 5.74) is 6.42. The Hall–Kier alpha value is -2.61. The van der Waals surface area contributed by atoms with Crippen LogP contribution in [-0.4, -0.2) is 54.3 Å². The van der Waals surface area contributed by atoms with E-state index in [1.165, 1.54) is 0 Å². The molecule has 0 aromatic heterocycles. The fourth-order valence-corrected chi connectivity index (χ4v) is 4.48. The van der Waals surface area contributed by atoms with E-state index in [1.807, 2.05) is 30.3 Å². The van der Waals surface area contributed by atoms with Gasteiger partial charge in [-0.25, -0.2) is 0 Å². The summed E-state index contributed by atoms with van der Waals surface area (Å²) in [6.45, 7) is 2.31. The average molecular weight is 430 g/mol. The number of hydrogen-bond acceptors (Lipinski definition) is 5. The number of likely N-dealkylation sites (N-methyl/N-ethyl adjacent to an activating group) is 1. The second-order valence-corrected chi connectivity index (χ2v) is 8.56. The predicted molar refractivity (Wildman–Crippen MR) is 120 cm³/mol. The van der Waals surface area contributed by atoms with Crippen LogP contribution in [-0.2, 0) is 14.4 Å². The summed E-state index contributed by atoms with van der Waals surface area (Å²) in [6.07, 6.45) is 6.53. The second kappa shape index (κ2) is 11.1. The molecule has 8 nitrogen and oxygen atoms in total. The number of hydrogen-bond donors (Lipinski definition) is 4. The lowest BCUT2D eigenvalue weighted by molar-refractivity contribution is -0.143. The number of hydrazine groups is 1. The molecule has 2 aliphatic rings. The maximum atomic E-state index is 13.6. The third-order valence-electron chi connectivity index (χ3n) is 6.45. The highest BCUT2D eigenvalue weighted by atomic mass is 16.2. The molecule has 0 spiro atoms. The van der Waals surface area contributed by atoms with Gasteiger partial charge in [-0.1, -0.05) is 37.5 Å². The Kier molecular flexibility index (Phi) is 8.28. The molecule has 0 radical (unpaired) electrons. The third-order valence-corrected chi connectivity index (χ3v) is 6.45. The molecule has 1 aliphatic carbocycles. The summed E-state index contributed by atoms with van der Waals surface area (Å²) in [6, 6.07) is 7.87. The first-order valence-corrected chi connectivity index (χ1v) is 11.4. The topological polar surface area (TPSA) is 103 Å². The standard InChI is InChI=1S/C23H35N5O3/c1-16(24-2)21(29)25-20(17-10-5-3-6-11-17)23(31)28-15-9-14-19(28)22(30)27-26-18-12-7-4-8-13-18/h4,7-8,12-13,16-17,19-20,24,26H,3,5-6,9-11,14-15H2,1-2H3,(H,25,29)(H,27,30)/t16-,19-,20+/m0/s1. The average Bonchev–Trinajstić information content (AvgIpc) is 3.31. The number of carbonyl (C=O) groups is 3. The van der Waals surface area contributed by atoms with E-state index in [-0.39, 0.29) is 29.7 Å². The third kappa shape index (κ3) is 5.97. The monoisotopic (exact) mass is 429 g/mol. The Morgan fingerprint density at radius 1 is 1.00 bits per heavy atom. The second-order valence-electron chi connectivity index (χ2n) is 8.56. The van der Waals surface area contributed by atoms with Gasteiger partial charge in [-0.05, 0) is 57.7 Å². The quantitative estimate of drug-likeness (QED) is 0.472. The zero-order valence-electron chi connectivity index (χ0n) is 18.5. The van der Waals surface area contributed by atoms with Crippen molar-refractivity contribution >= 4 is 23.4 Å². The molecule has 1 heterocycles. The van der Waals surface area contributed by atoms with Gasteiger partial charge >= 0.3 is 0 Å². The van der Waals surface area contributed by atoms with Gasteiger partial charge < -0.3 is 15.5 Å². The lowest BCUT2D eigenvalue weighted by atomic mass is 9.83. The molecule has 1 saturated heterocycles. The molecule has 31 heavy (non-hydrogen) atoms. The molecule has 1 saturated carbocycles. The van der Waals surface area contributed by atoms with Gasteiger partial charge in [0.2, 0.25) is 11.8 Å². The van der Waals surface area contributed by atoms with E-state index in [9.17, 15) is 14.4 Å². The van der Waals surface area contributed by atoms with Gasteiger partial charge in [0.15, 0.2) is 0 Å². The highest BCUT2D eigenvalue weighted by molar-refractivity contribution is 5.93. The molecule has 8 heteroatoms. The van der Waals surface area contributed by atoms with Crippen molar-refractivity contribution in [2.75, 3.05) is 19.0 Å². The normalized spacial score (nSPS) is 21.2. The van der Waals surface area contributed by atoms with Crippen LogP contribution >= 0.6 is 0 Å². The highest BCUT2D eigenvalue weighted by Gasteiger charge is 2.41. The maximum absolute atomic E-state index is 13.6. The van der Waals surface area contributed by atoms with Crippen molar-refractivity contribution < 1.29 is 14.4 Å². The lowest BCUT2D eigenvalue weighted by Crippen LogP contribution is -2.58. The van der Waals surface area contributed by atoms with Crippen molar-refractivity contribution in [3.63, 3.8) is 0 Å². The molecular weight excluding hydrogens is 394 g/mol. The van der Waals surface area contributed by atoms with Crippen LogP contribution in [0.4, 0.5) is 5.69 Å². The number of rotatable bonds is 8. The van der Waals surface area contributed by atoms with E-state index in [4.69, 9.17) is 0 Å². The van der Waals surface area contributed by atoms with E-state index in [2.05, 4.69) is 21.5 Å². The Bertz CT molecular complexity index is 751. The summed E-state index contributed by atoms with van der Waals surface area (Å²) < 4.78 is 0. The van der Waals surface area contributed by atoms with Gasteiger partial charge in [0, 0.05) is 6.54 Å². The fraction of sp³-hybridized carbons (Fsp3) is 0.609. The van der Waals surface area contributed by atoms with Gasteiger partial charge in [-0.2, -0.15) is 0 Å². The number of benzene rings is 1. The summed E-state index contributed by atoms with van der Waals surface area (Å²) >= 11 is 0. The minimum absolute atomic E-state index is 0.112. The molecule has 1 aromatic carbocycles. The molecule has 4 N–H and O–H groups in total. The Balaban J connectivity index is 1.69. The molecule has 0 bridgehead atoms. The molecule has 0 unspecified atom stereocenters. The summed E-state index contributed by atoms with van der Waals surface area (Å²) in [5.74, 6) is -0.439. The van der Waals surface area contributed by atoms with Crippen LogP contribution in [0.1, 0.15) is 51.9 Å². The maximum Gasteiger partial charge on any atom is 0.261 e. The van der Waals surface area contributed by atoms with Crippen LogP contribution in [0.2, 0.25) is 0 Å². The van der Waals surface area contributed by atoms with Crippen LogP contribution in [0.3, 0.4) is 0 Å². The summed E-state index contributed by atoms with van der Waals surface area (Å²) in [4.78, 5) is 40.7. The van der Waals surface area contributed by atoms with Crippen molar-refractivity contribution in [1.82, 2.24) is 21.0 Å². The molecule has 1 aliphatic heterocycles. The summed E-state index contributed by atoms with van der Waals surface area (Å²) in [7, 11) is 1.72. The number of anilines is 1. The van der Waals surface area contributed by atoms with E-state index in [0.717, 1.165) is 44.2 Å². The van der Waals surface area contributed by atoms with E-state index in [1.54, 1.807) is 18.9 Å².